The molecule has 1 amide bonds. The van der Waals surface area contributed by atoms with Crippen LogP contribution in [-0.2, 0) is 14.3 Å². The number of hydrogen-bond donors (Lipinski definition) is 3. The molecular weight excluding hydrogens is 887 g/mol. The van der Waals surface area contributed by atoms with Crippen molar-refractivity contribution >= 4 is 11.9 Å². The summed E-state index contributed by atoms with van der Waals surface area (Å²) in [6.07, 6.45) is 76.2. The highest BCUT2D eigenvalue weighted by Crippen LogP contribution is 2.18. The minimum Gasteiger partial charge on any atom is -0.466 e. The van der Waals surface area contributed by atoms with E-state index in [1.165, 1.54) is 276 Å². The van der Waals surface area contributed by atoms with Gasteiger partial charge in [0.15, 0.2) is 0 Å². The van der Waals surface area contributed by atoms with Gasteiger partial charge >= 0.3 is 5.97 Å². The molecule has 0 radical (unpaired) electrons. The van der Waals surface area contributed by atoms with Crippen molar-refractivity contribution < 1.29 is 24.5 Å². The van der Waals surface area contributed by atoms with Gasteiger partial charge in [0.2, 0.25) is 5.91 Å². The third-order valence-electron chi connectivity index (χ3n) is 15.3. The van der Waals surface area contributed by atoms with Crippen molar-refractivity contribution in [3.8, 4) is 0 Å². The van der Waals surface area contributed by atoms with E-state index in [4.69, 9.17) is 4.74 Å². The quantitative estimate of drug-likeness (QED) is 0.0320. The highest BCUT2D eigenvalue weighted by molar-refractivity contribution is 5.76. The van der Waals surface area contributed by atoms with Crippen molar-refractivity contribution in [2.24, 2.45) is 0 Å². The first kappa shape index (κ1) is 70.3. The Morgan fingerprint density at radius 2 is 0.694 bits per heavy atom. The molecule has 0 fully saturated rings. The van der Waals surface area contributed by atoms with Gasteiger partial charge in [0.1, 0.15) is 0 Å². The van der Waals surface area contributed by atoms with Gasteiger partial charge < -0.3 is 20.3 Å². The maximum absolute atomic E-state index is 12.5. The lowest BCUT2D eigenvalue weighted by atomic mass is 10.0. The van der Waals surface area contributed by atoms with Crippen molar-refractivity contribution in [3.63, 3.8) is 0 Å². The molecule has 0 aliphatic rings. The van der Waals surface area contributed by atoms with E-state index >= 15 is 0 Å². The van der Waals surface area contributed by atoms with Crippen LogP contribution in [0.2, 0.25) is 0 Å². The lowest BCUT2D eigenvalue weighted by molar-refractivity contribution is -0.143. The van der Waals surface area contributed by atoms with Gasteiger partial charge in [-0.3, -0.25) is 9.59 Å². The van der Waals surface area contributed by atoms with E-state index in [2.05, 4.69) is 43.5 Å². The Hall–Kier alpha value is -1.66. The number of rotatable bonds is 61. The zero-order valence-corrected chi connectivity index (χ0v) is 48.7. The molecule has 0 spiro atoms. The molecule has 72 heavy (non-hydrogen) atoms. The molecule has 0 aromatic rings. The maximum atomic E-state index is 12.5. The summed E-state index contributed by atoms with van der Waals surface area (Å²) >= 11 is 0. The van der Waals surface area contributed by atoms with Crippen molar-refractivity contribution in [2.45, 2.75) is 373 Å². The fourth-order valence-corrected chi connectivity index (χ4v) is 10.3. The zero-order valence-electron chi connectivity index (χ0n) is 48.7. The summed E-state index contributed by atoms with van der Waals surface area (Å²) in [5.74, 6) is -0.0444. The Kier molecular flexibility index (Phi) is 60.5. The molecule has 6 nitrogen and oxygen atoms in total. The van der Waals surface area contributed by atoms with E-state index in [1.54, 1.807) is 0 Å². The molecule has 0 aromatic carbocycles. The summed E-state index contributed by atoms with van der Waals surface area (Å²) in [7, 11) is 0. The molecule has 0 aliphatic heterocycles. The minimum atomic E-state index is -0.670. The summed E-state index contributed by atoms with van der Waals surface area (Å²) in [5, 5.41) is 23.4. The Bertz CT molecular complexity index is 1120. The van der Waals surface area contributed by atoms with E-state index in [9.17, 15) is 19.8 Å². The van der Waals surface area contributed by atoms with Crippen LogP contribution in [0.15, 0.2) is 24.3 Å². The molecule has 0 rings (SSSR count). The number of ether oxygens (including phenoxy) is 1. The highest BCUT2D eigenvalue weighted by Gasteiger charge is 2.20. The van der Waals surface area contributed by atoms with Crippen LogP contribution < -0.4 is 5.32 Å². The molecule has 426 valence electrons. The van der Waals surface area contributed by atoms with Crippen LogP contribution in [0.4, 0.5) is 0 Å². The van der Waals surface area contributed by atoms with E-state index in [0.29, 0.717) is 25.9 Å². The normalized spacial score (nSPS) is 12.7. The molecule has 2 unspecified atom stereocenters. The number of carbonyl (C=O) groups excluding carboxylic acids is 2. The number of unbranched alkanes of at least 4 members (excludes halogenated alkanes) is 46. The van der Waals surface area contributed by atoms with Crippen LogP contribution in [0.1, 0.15) is 361 Å². The first-order chi connectivity index (χ1) is 35.5. The Morgan fingerprint density at radius 3 is 1.08 bits per heavy atom. The van der Waals surface area contributed by atoms with E-state index < -0.39 is 12.1 Å². The fraction of sp³-hybridized carbons (Fsp3) is 0.909. The molecule has 0 saturated heterocycles. The first-order valence-corrected chi connectivity index (χ1v) is 32.6. The summed E-state index contributed by atoms with van der Waals surface area (Å²) in [5.41, 5.74) is 0. The molecule has 6 heteroatoms. The molecule has 0 saturated carbocycles. The fourth-order valence-electron chi connectivity index (χ4n) is 10.3. The third kappa shape index (κ3) is 57.6. The molecule has 0 aromatic heterocycles. The van der Waals surface area contributed by atoms with Gasteiger partial charge in [-0.1, -0.05) is 314 Å². The van der Waals surface area contributed by atoms with Crippen LogP contribution >= 0.6 is 0 Å². The summed E-state index contributed by atoms with van der Waals surface area (Å²) in [6, 6.07) is -0.547. The van der Waals surface area contributed by atoms with Crippen molar-refractivity contribution in [2.75, 3.05) is 13.2 Å². The van der Waals surface area contributed by atoms with Gasteiger partial charge in [0, 0.05) is 12.8 Å². The Balaban J connectivity index is 3.42. The van der Waals surface area contributed by atoms with Gasteiger partial charge in [-0.15, -0.1) is 0 Å². The highest BCUT2D eigenvalue weighted by atomic mass is 16.5. The largest absolute Gasteiger partial charge is 0.466 e. The molecular formula is C66H127NO5. The summed E-state index contributed by atoms with van der Waals surface area (Å²) in [4.78, 5) is 24.6. The number of allylic oxidation sites excluding steroid dienone is 4. The van der Waals surface area contributed by atoms with E-state index in [0.717, 1.165) is 51.4 Å². The second kappa shape index (κ2) is 61.9. The van der Waals surface area contributed by atoms with Crippen LogP contribution in [-0.4, -0.2) is 47.4 Å². The van der Waals surface area contributed by atoms with Crippen LogP contribution in [0.25, 0.3) is 0 Å². The van der Waals surface area contributed by atoms with Crippen LogP contribution in [0.5, 0.6) is 0 Å². The van der Waals surface area contributed by atoms with Crippen molar-refractivity contribution in [1.29, 1.82) is 0 Å². The molecule has 0 heterocycles. The number of carbonyl (C=O) groups is 2. The number of hydrogen-bond acceptors (Lipinski definition) is 5. The number of nitrogens with one attached hydrogen (secondary N) is 1. The average Bonchev–Trinajstić information content (AvgIpc) is 3.38. The Labute approximate surface area is 450 Å². The number of amides is 1. The number of esters is 1. The van der Waals surface area contributed by atoms with Gasteiger partial charge in [-0.2, -0.15) is 0 Å². The first-order valence-electron chi connectivity index (χ1n) is 32.6. The summed E-state index contributed by atoms with van der Waals surface area (Å²) in [6.45, 7) is 4.94. The lowest BCUT2D eigenvalue weighted by Crippen LogP contribution is -2.45. The van der Waals surface area contributed by atoms with Gasteiger partial charge in [-0.05, 0) is 57.8 Å². The predicted molar refractivity (Wildman–Crippen MR) is 315 cm³/mol. The average molecular weight is 1010 g/mol. The van der Waals surface area contributed by atoms with Crippen molar-refractivity contribution in [1.82, 2.24) is 5.32 Å². The monoisotopic (exact) mass is 1010 g/mol. The molecule has 3 N–H and O–H groups in total. The standard InChI is InChI=1S/C66H127NO5/c1-3-5-7-9-11-13-15-17-19-20-21-22-23-24-25-27-31-34-38-42-46-50-54-58-64(69)63(62-68)67-65(70)59-55-51-47-43-39-35-32-28-26-29-33-37-41-45-49-53-57-61-72-66(71)60-56-52-48-44-40-36-30-18-16-14-12-10-8-6-4-2/h12,14,18,30,63-64,68-69H,3-11,13,15-17,19-29,31-62H2,1-2H3,(H,67,70)/b14-12-,30-18-. The van der Waals surface area contributed by atoms with E-state index in [1.807, 2.05) is 0 Å². The Morgan fingerprint density at radius 1 is 0.389 bits per heavy atom. The number of aliphatic hydroxyl groups excluding tert-OH is 2. The van der Waals surface area contributed by atoms with E-state index in [-0.39, 0.29) is 18.5 Å². The second-order valence-corrected chi connectivity index (χ2v) is 22.5. The molecule has 2 atom stereocenters. The predicted octanol–water partition coefficient (Wildman–Crippen LogP) is 20.6. The third-order valence-corrected chi connectivity index (χ3v) is 15.3. The molecule has 0 bridgehead atoms. The SMILES string of the molecule is CCCCC/C=C\C/C=C\CCCCCCCC(=O)OCCCCCCCCCCCCCCCCCCCC(=O)NC(CO)C(O)CCCCCCCCCCCCCCCCCCCCCCCCC. The summed E-state index contributed by atoms with van der Waals surface area (Å²) < 4.78 is 5.48. The lowest BCUT2D eigenvalue weighted by Gasteiger charge is -2.22. The second-order valence-electron chi connectivity index (χ2n) is 22.5. The van der Waals surface area contributed by atoms with Crippen LogP contribution in [0.3, 0.4) is 0 Å². The molecule has 0 aliphatic carbocycles. The smallest absolute Gasteiger partial charge is 0.305 e. The maximum Gasteiger partial charge on any atom is 0.305 e. The van der Waals surface area contributed by atoms with Gasteiger partial charge in [0.25, 0.3) is 0 Å². The van der Waals surface area contributed by atoms with Gasteiger partial charge in [-0.25, -0.2) is 0 Å². The topological polar surface area (TPSA) is 95.9 Å². The van der Waals surface area contributed by atoms with Gasteiger partial charge in [0.05, 0.1) is 25.4 Å². The zero-order chi connectivity index (χ0) is 52.2. The van der Waals surface area contributed by atoms with Crippen molar-refractivity contribution in [3.05, 3.63) is 24.3 Å². The minimum absolute atomic E-state index is 0.00766. The number of aliphatic hydroxyl groups is 2. The van der Waals surface area contributed by atoms with Crippen LogP contribution in [0, 0.1) is 0 Å².